The second kappa shape index (κ2) is 10.3. The second-order valence-electron chi connectivity index (χ2n) is 9.45. The smallest absolute Gasteiger partial charge is 0.316 e. The van der Waals surface area contributed by atoms with Gasteiger partial charge in [0.2, 0.25) is 15.8 Å². The Hall–Kier alpha value is -2.10. The van der Waals surface area contributed by atoms with Crippen molar-refractivity contribution in [2.75, 3.05) is 31.1 Å². The maximum atomic E-state index is 13.6. The molecule has 2 heterocycles. The lowest BCUT2D eigenvalue weighted by atomic mass is 9.88. The number of nitrogens with zero attached hydrogens (tertiary/aromatic N) is 4. The number of hydrogen-bond acceptors (Lipinski definition) is 6. The minimum atomic E-state index is -3.32. The highest BCUT2D eigenvalue weighted by molar-refractivity contribution is 7.89. The van der Waals surface area contributed by atoms with Crippen LogP contribution in [-0.2, 0) is 10.0 Å². The van der Waals surface area contributed by atoms with Crippen molar-refractivity contribution in [3.8, 4) is 11.4 Å². The lowest BCUT2D eigenvalue weighted by molar-refractivity contribution is 0.101. The fourth-order valence-corrected chi connectivity index (χ4v) is 6.10. The molecule has 1 aromatic carbocycles. The number of aromatic nitrogens is 2. The minimum Gasteiger partial charge on any atom is -0.483 e. The van der Waals surface area contributed by atoms with Gasteiger partial charge >= 0.3 is 5.56 Å². The highest BCUT2D eigenvalue weighted by Gasteiger charge is 2.32. The molecule has 2 fully saturated rings. The summed E-state index contributed by atoms with van der Waals surface area (Å²) in [6.07, 6.45) is 5.82. The molecule has 0 radical (unpaired) electrons. The number of halogens is 1. The molecular formula is C24H33ClN4O4S. The molecule has 2 aromatic rings. The standard InChI is InChI=1S/C24H33ClN4O4S/c1-17(2)34(31,32)28-13-11-27(12-14-28)21-16-26-29(20-9-6-8-19(25)15-20)24(30)23(21)33-22-10-5-4-7-18(22)3/h6,8-9,15-18,22H,4-5,7,10-14H2,1-3H3/t18-,22+/m1/s1. The fourth-order valence-electron chi connectivity index (χ4n) is 4.65. The van der Waals surface area contributed by atoms with Gasteiger partial charge in [0.15, 0.2) is 0 Å². The summed E-state index contributed by atoms with van der Waals surface area (Å²) >= 11 is 6.15. The summed E-state index contributed by atoms with van der Waals surface area (Å²) in [5.41, 5.74) is 0.843. The van der Waals surface area contributed by atoms with E-state index in [9.17, 15) is 13.2 Å². The molecule has 1 saturated heterocycles. The van der Waals surface area contributed by atoms with Gasteiger partial charge in [0.25, 0.3) is 0 Å². The Balaban J connectivity index is 1.68. The molecule has 0 N–H and O–H groups in total. The van der Waals surface area contributed by atoms with Crippen LogP contribution >= 0.6 is 11.6 Å². The van der Waals surface area contributed by atoms with Crippen LogP contribution in [0.25, 0.3) is 5.69 Å². The summed E-state index contributed by atoms with van der Waals surface area (Å²) in [6, 6.07) is 6.99. The summed E-state index contributed by atoms with van der Waals surface area (Å²) in [5, 5.41) is 4.48. The summed E-state index contributed by atoms with van der Waals surface area (Å²) in [4.78, 5) is 15.6. The zero-order valence-electron chi connectivity index (χ0n) is 20.0. The zero-order valence-corrected chi connectivity index (χ0v) is 21.6. The summed E-state index contributed by atoms with van der Waals surface area (Å²) in [5.74, 6) is 0.621. The van der Waals surface area contributed by atoms with Crippen LogP contribution in [0.2, 0.25) is 5.02 Å². The van der Waals surface area contributed by atoms with E-state index in [0.717, 1.165) is 19.3 Å². The van der Waals surface area contributed by atoms with Crippen LogP contribution in [0, 0.1) is 5.92 Å². The van der Waals surface area contributed by atoms with Gasteiger partial charge in [-0.05, 0) is 57.2 Å². The van der Waals surface area contributed by atoms with E-state index in [2.05, 4.69) is 12.0 Å². The number of rotatable bonds is 6. The van der Waals surface area contributed by atoms with E-state index in [1.807, 2.05) is 4.90 Å². The first-order valence-corrected chi connectivity index (χ1v) is 13.9. The van der Waals surface area contributed by atoms with Crippen molar-refractivity contribution in [1.29, 1.82) is 0 Å². The Kier molecular flexibility index (Phi) is 7.54. The van der Waals surface area contributed by atoms with Crippen LogP contribution in [0.4, 0.5) is 5.69 Å². The van der Waals surface area contributed by atoms with Crippen molar-refractivity contribution < 1.29 is 13.2 Å². The Morgan fingerprint density at radius 2 is 1.82 bits per heavy atom. The van der Waals surface area contributed by atoms with E-state index in [1.54, 1.807) is 44.3 Å². The first-order valence-electron chi connectivity index (χ1n) is 12.0. The van der Waals surface area contributed by atoms with Gasteiger partial charge < -0.3 is 9.64 Å². The van der Waals surface area contributed by atoms with E-state index in [1.165, 1.54) is 15.4 Å². The predicted molar refractivity (Wildman–Crippen MR) is 135 cm³/mol. The van der Waals surface area contributed by atoms with Crippen molar-refractivity contribution in [2.24, 2.45) is 5.92 Å². The molecule has 8 nitrogen and oxygen atoms in total. The number of benzene rings is 1. The van der Waals surface area contributed by atoms with Gasteiger partial charge in [-0.3, -0.25) is 4.79 Å². The Labute approximate surface area is 206 Å². The van der Waals surface area contributed by atoms with Gasteiger partial charge in [0, 0.05) is 31.2 Å². The normalized spacial score (nSPS) is 22.2. The van der Waals surface area contributed by atoms with Gasteiger partial charge in [0.1, 0.15) is 11.8 Å². The molecule has 1 aliphatic carbocycles. The van der Waals surface area contributed by atoms with Gasteiger partial charge in [0.05, 0.1) is 17.1 Å². The van der Waals surface area contributed by atoms with Crippen molar-refractivity contribution in [1.82, 2.24) is 14.1 Å². The third-order valence-corrected chi connectivity index (χ3v) is 9.32. The summed E-state index contributed by atoms with van der Waals surface area (Å²) in [7, 11) is -3.32. The quantitative estimate of drug-likeness (QED) is 0.591. The van der Waals surface area contributed by atoms with E-state index in [-0.39, 0.29) is 17.4 Å². The SMILES string of the molecule is CC(C)S(=O)(=O)N1CCN(c2cnn(-c3cccc(Cl)c3)c(=O)c2O[C@H]2CCCC[C@H]2C)CC1. The summed E-state index contributed by atoms with van der Waals surface area (Å²) < 4.78 is 34.4. The average molecular weight is 509 g/mol. The molecule has 34 heavy (non-hydrogen) atoms. The second-order valence-corrected chi connectivity index (χ2v) is 12.4. The average Bonchev–Trinajstić information content (AvgIpc) is 2.81. The third-order valence-electron chi connectivity index (χ3n) is 6.80. The monoisotopic (exact) mass is 508 g/mol. The van der Waals surface area contributed by atoms with Crippen molar-refractivity contribution in [3.63, 3.8) is 0 Å². The molecule has 0 bridgehead atoms. The Bertz CT molecular complexity index is 1180. The first kappa shape index (κ1) is 25.0. The van der Waals surface area contributed by atoms with Crippen LogP contribution in [-0.4, -0.2) is 60.0 Å². The highest BCUT2D eigenvalue weighted by atomic mass is 35.5. The molecule has 1 aliphatic heterocycles. The Morgan fingerprint density at radius 3 is 2.47 bits per heavy atom. The first-order chi connectivity index (χ1) is 16.2. The third kappa shape index (κ3) is 5.11. The molecule has 2 atom stereocenters. The molecule has 0 amide bonds. The summed E-state index contributed by atoms with van der Waals surface area (Å²) in [6.45, 7) is 7.19. The Morgan fingerprint density at radius 1 is 1.12 bits per heavy atom. The van der Waals surface area contributed by atoms with Gasteiger partial charge in [-0.25, -0.2) is 8.42 Å². The van der Waals surface area contributed by atoms with Crippen molar-refractivity contribution in [3.05, 3.63) is 45.8 Å². The maximum Gasteiger partial charge on any atom is 0.316 e. The highest BCUT2D eigenvalue weighted by Crippen LogP contribution is 2.32. The lowest BCUT2D eigenvalue weighted by Crippen LogP contribution is -2.51. The van der Waals surface area contributed by atoms with E-state index in [4.69, 9.17) is 16.3 Å². The largest absolute Gasteiger partial charge is 0.483 e. The molecule has 0 spiro atoms. The predicted octanol–water partition coefficient (Wildman–Crippen LogP) is 3.70. The molecule has 10 heteroatoms. The molecule has 2 aliphatic rings. The van der Waals surface area contributed by atoms with Crippen molar-refractivity contribution in [2.45, 2.75) is 57.8 Å². The fraction of sp³-hybridized carbons (Fsp3) is 0.583. The van der Waals surface area contributed by atoms with E-state index >= 15 is 0 Å². The number of hydrogen-bond donors (Lipinski definition) is 0. The van der Waals surface area contributed by atoms with E-state index in [0.29, 0.717) is 48.5 Å². The number of sulfonamides is 1. The van der Waals surface area contributed by atoms with Crippen LogP contribution in [0.5, 0.6) is 5.75 Å². The number of anilines is 1. The van der Waals surface area contributed by atoms with Gasteiger partial charge in [-0.15, -0.1) is 0 Å². The number of piperazine rings is 1. The number of ether oxygens (including phenoxy) is 1. The van der Waals surface area contributed by atoms with E-state index < -0.39 is 15.3 Å². The van der Waals surface area contributed by atoms with Crippen LogP contribution in [0.1, 0.15) is 46.5 Å². The van der Waals surface area contributed by atoms with Gasteiger partial charge in [-0.2, -0.15) is 14.1 Å². The molecule has 0 unspecified atom stereocenters. The minimum absolute atomic E-state index is 0.0435. The van der Waals surface area contributed by atoms with Gasteiger partial charge in [-0.1, -0.05) is 31.0 Å². The van der Waals surface area contributed by atoms with Crippen LogP contribution < -0.4 is 15.2 Å². The molecular weight excluding hydrogens is 476 g/mol. The molecule has 4 rings (SSSR count). The zero-order chi connectivity index (χ0) is 24.5. The topological polar surface area (TPSA) is 84.7 Å². The molecule has 1 aromatic heterocycles. The maximum absolute atomic E-state index is 13.6. The molecule has 186 valence electrons. The van der Waals surface area contributed by atoms with Crippen molar-refractivity contribution >= 4 is 27.3 Å². The van der Waals surface area contributed by atoms with Crippen LogP contribution in [0.15, 0.2) is 35.3 Å². The molecule has 1 saturated carbocycles. The lowest BCUT2D eigenvalue weighted by Gasteiger charge is -2.37. The van der Waals surface area contributed by atoms with Crippen LogP contribution in [0.3, 0.4) is 0 Å².